The van der Waals surface area contributed by atoms with Gasteiger partial charge in [0, 0.05) is 33.7 Å². The average Bonchev–Trinajstić information content (AvgIpc) is 3.82. The number of aromatic nitrogens is 1. The van der Waals surface area contributed by atoms with E-state index in [1.54, 1.807) is 18.2 Å². The third-order valence-electron chi connectivity index (χ3n) is 10.2. The number of nitro groups is 1. The summed E-state index contributed by atoms with van der Waals surface area (Å²) < 4.78 is 46.5. The van der Waals surface area contributed by atoms with Crippen LogP contribution in [0.5, 0.6) is 5.75 Å². The van der Waals surface area contributed by atoms with Crippen LogP contribution in [0.15, 0.2) is 82.6 Å². The molecule has 4 aliphatic rings. The molecule has 4 aromatic rings. The van der Waals surface area contributed by atoms with E-state index in [0.29, 0.717) is 22.8 Å². The van der Waals surface area contributed by atoms with Crippen LogP contribution in [0.3, 0.4) is 0 Å². The number of para-hydroxylation sites is 2. The van der Waals surface area contributed by atoms with E-state index < -0.39 is 52.6 Å². The molecular weight excluding hydrogens is 698 g/mol. The number of thioether (sulfide) groups is 1. The Labute approximate surface area is 289 Å². The van der Waals surface area contributed by atoms with E-state index in [0.717, 1.165) is 33.2 Å². The van der Waals surface area contributed by atoms with E-state index in [9.17, 15) is 42.5 Å². The molecule has 3 heterocycles. The molecule has 8 rings (SSSR count). The molecule has 2 N–H and O–H groups in total. The molecule has 3 fully saturated rings. The van der Waals surface area contributed by atoms with Crippen molar-refractivity contribution in [2.75, 3.05) is 16.8 Å². The number of rotatable bonds is 7. The Morgan fingerprint density at radius 1 is 0.980 bits per heavy atom. The molecule has 4 unspecified atom stereocenters. The maximum atomic E-state index is 14.0. The van der Waals surface area contributed by atoms with Gasteiger partial charge in [-0.2, -0.15) is 13.2 Å². The topological polar surface area (TPSA) is 152 Å². The number of aromatic amines is 1. The Bertz CT molecular complexity index is 2140. The first-order valence-corrected chi connectivity index (χ1v) is 17.3. The number of thiazole rings is 1. The summed E-state index contributed by atoms with van der Waals surface area (Å²) in [7, 11) is 0. The van der Waals surface area contributed by atoms with Gasteiger partial charge in [-0.15, -0.1) is 11.8 Å². The summed E-state index contributed by atoms with van der Waals surface area (Å²) in [5.41, 5.74) is -0.634. The quantitative estimate of drug-likeness (QED) is 0.133. The van der Waals surface area contributed by atoms with Crippen LogP contribution in [0.2, 0.25) is 0 Å². The number of halogens is 3. The lowest BCUT2D eigenvalue weighted by atomic mass is 9.68. The fourth-order valence-electron chi connectivity index (χ4n) is 8.38. The number of anilines is 2. The first kappa shape index (κ1) is 32.3. The number of hydrogen-bond donors (Lipinski definition) is 2. The molecule has 2 bridgehead atoms. The Kier molecular flexibility index (Phi) is 7.63. The van der Waals surface area contributed by atoms with E-state index >= 15 is 0 Å². The highest BCUT2D eigenvalue weighted by Gasteiger charge is 2.70. The highest BCUT2D eigenvalue weighted by atomic mass is 32.2. The minimum Gasteiger partial charge on any atom is -0.483 e. The van der Waals surface area contributed by atoms with Crippen molar-refractivity contribution in [2.45, 2.75) is 28.8 Å². The van der Waals surface area contributed by atoms with Crippen molar-refractivity contribution in [3.05, 3.63) is 109 Å². The number of carbonyl (C=O) groups excluding carboxylic acids is 3. The first-order valence-electron chi connectivity index (χ1n) is 15.6. The normalized spacial score (nSPS) is 26.4. The Hall–Kier alpha value is -4.96. The second kappa shape index (κ2) is 11.8. The number of nitrogens with one attached hydrogen (secondary N) is 2. The fraction of sp³-hybridized carbons (Fsp3) is 0.294. The summed E-state index contributed by atoms with van der Waals surface area (Å²) >= 11 is 2.54. The zero-order valence-corrected chi connectivity index (χ0v) is 27.2. The van der Waals surface area contributed by atoms with E-state index in [1.807, 2.05) is 6.07 Å². The summed E-state index contributed by atoms with van der Waals surface area (Å²) in [5.74, 6) is -3.50. The maximum absolute atomic E-state index is 14.0. The molecule has 3 aromatic carbocycles. The predicted molar refractivity (Wildman–Crippen MR) is 176 cm³/mol. The van der Waals surface area contributed by atoms with Gasteiger partial charge in [-0.25, -0.2) is 0 Å². The Balaban J connectivity index is 1.10. The molecule has 2 aliphatic heterocycles. The number of non-ortho nitro benzene ring substituents is 1. The lowest BCUT2D eigenvalue weighted by Gasteiger charge is -2.43. The van der Waals surface area contributed by atoms with Crippen LogP contribution in [0.4, 0.5) is 30.2 Å². The van der Waals surface area contributed by atoms with E-state index in [-0.39, 0.29) is 51.1 Å². The molecule has 7 atom stereocenters. The van der Waals surface area contributed by atoms with E-state index in [4.69, 9.17) is 4.74 Å². The standard InChI is InChI=1S/C34H25F3N4O7S2/c35-34(36,37)20-6-2-3-7-21(20)38-23(42)14-48-22-8-4-1-5-17(22)24-25-18-13-19(28(25)49-30-29(24)50-33(45)39-30)27-26(18)31(43)40(32(27)44)15-9-11-16(12-10-15)41(46)47/h1-12,18-19,24-28H,13-14H2,(H,38,42)(H,39,45)/t18-,19-,24-,25?,26?,27?,28?/m1/s1. The highest BCUT2D eigenvalue weighted by molar-refractivity contribution is 8.00. The lowest BCUT2D eigenvalue weighted by Crippen LogP contribution is -2.42. The average molecular weight is 723 g/mol. The van der Waals surface area contributed by atoms with Gasteiger partial charge in [-0.05, 0) is 54.5 Å². The summed E-state index contributed by atoms with van der Waals surface area (Å²) in [5, 5.41) is 14.0. The van der Waals surface area contributed by atoms with Gasteiger partial charge in [0.15, 0.2) is 6.61 Å². The van der Waals surface area contributed by atoms with Crippen LogP contribution < -0.4 is 19.8 Å². The monoisotopic (exact) mass is 722 g/mol. The SMILES string of the molecule is O=C(COc1ccccc1[C@H]1c2sc(=O)[nH]c2SC2C1[C@H]1C[C@@H]2C2C(=O)N(c3ccc([N+](=O)[O-])cc3)C(=O)C21)Nc1ccccc1C(F)(F)F. The van der Waals surface area contributed by atoms with Crippen molar-refractivity contribution in [3.8, 4) is 5.75 Å². The van der Waals surface area contributed by atoms with Gasteiger partial charge in [0.1, 0.15) is 5.75 Å². The van der Waals surface area contributed by atoms with E-state index in [2.05, 4.69) is 10.3 Å². The fourth-order valence-corrected chi connectivity index (χ4v) is 11.3. The highest BCUT2D eigenvalue weighted by Crippen LogP contribution is 2.69. The number of imide groups is 1. The second-order valence-electron chi connectivity index (χ2n) is 12.7. The van der Waals surface area contributed by atoms with Crippen molar-refractivity contribution in [1.29, 1.82) is 0 Å². The van der Waals surface area contributed by atoms with Crippen LogP contribution in [-0.2, 0) is 20.6 Å². The third kappa shape index (κ3) is 5.11. The molecule has 3 amide bonds. The minimum absolute atomic E-state index is 0.146. The molecule has 11 nitrogen and oxygen atoms in total. The third-order valence-corrected chi connectivity index (χ3v) is 12.8. The van der Waals surface area contributed by atoms with Gasteiger partial charge in [-0.3, -0.25) is 34.2 Å². The summed E-state index contributed by atoms with van der Waals surface area (Å²) in [4.78, 5) is 68.6. The zero-order chi connectivity index (χ0) is 35.1. The summed E-state index contributed by atoms with van der Waals surface area (Å²) in [6.07, 6.45) is -4.06. The van der Waals surface area contributed by atoms with Crippen LogP contribution in [0, 0.1) is 39.7 Å². The summed E-state index contributed by atoms with van der Waals surface area (Å²) in [6, 6.07) is 16.9. The van der Waals surface area contributed by atoms with Crippen LogP contribution in [0.25, 0.3) is 0 Å². The van der Waals surface area contributed by atoms with Crippen molar-refractivity contribution in [1.82, 2.24) is 4.98 Å². The second-order valence-corrected chi connectivity index (χ2v) is 14.9. The number of nitro benzene ring substituents is 1. The molecule has 0 spiro atoms. The Morgan fingerprint density at radius 2 is 1.66 bits per heavy atom. The zero-order valence-electron chi connectivity index (χ0n) is 25.6. The number of benzene rings is 3. The first-order chi connectivity index (χ1) is 23.9. The van der Waals surface area contributed by atoms with Gasteiger partial charge >= 0.3 is 11.0 Å². The van der Waals surface area contributed by atoms with Crippen molar-refractivity contribution in [3.63, 3.8) is 0 Å². The molecule has 50 heavy (non-hydrogen) atoms. The molecule has 2 saturated carbocycles. The number of hydrogen-bond acceptors (Lipinski definition) is 9. The van der Waals surface area contributed by atoms with Gasteiger partial charge in [0.05, 0.1) is 38.7 Å². The van der Waals surface area contributed by atoms with Gasteiger partial charge in [0.2, 0.25) is 11.8 Å². The molecule has 16 heteroatoms. The largest absolute Gasteiger partial charge is 0.483 e. The number of ether oxygens (including phenoxy) is 1. The van der Waals surface area contributed by atoms with Crippen molar-refractivity contribution in [2.24, 2.45) is 29.6 Å². The number of amides is 3. The number of alkyl halides is 3. The minimum atomic E-state index is -4.67. The summed E-state index contributed by atoms with van der Waals surface area (Å²) in [6.45, 7) is -0.594. The number of carbonyl (C=O) groups is 3. The number of fused-ring (bicyclic) bond motifs is 9. The molecule has 1 aromatic heterocycles. The molecule has 1 saturated heterocycles. The maximum Gasteiger partial charge on any atom is 0.418 e. The van der Waals surface area contributed by atoms with Crippen molar-refractivity contribution >= 4 is 57.9 Å². The van der Waals surface area contributed by atoms with Gasteiger partial charge in [0.25, 0.3) is 11.6 Å². The number of H-pyrrole nitrogens is 1. The van der Waals surface area contributed by atoms with Crippen LogP contribution >= 0.6 is 23.1 Å². The molecule has 2 aliphatic carbocycles. The van der Waals surface area contributed by atoms with Crippen LogP contribution in [0.1, 0.15) is 28.3 Å². The number of nitrogens with zero attached hydrogens (tertiary/aromatic N) is 2. The predicted octanol–water partition coefficient (Wildman–Crippen LogP) is 6.06. The van der Waals surface area contributed by atoms with E-state index in [1.165, 1.54) is 48.2 Å². The van der Waals surface area contributed by atoms with Crippen molar-refractivity contribution < 1.29 is 37.2 Å². The van der Waals surface area contributed by atoms with Crippen LogP contribution in [-0.4, -0.2) is 39.5 Å². The van der Waals surface area contributed by atoms with Gasteiger partial charge in [-0.1, -0.05) is 41.7 Å². The Morgan fingerprint density at radius 3 is 2.38 bits per heavy atom. The molecule has 0 radical (unpaired) electrons. The lowest BCUT2D eigenvalue weighted by molar-refractivity contribution is -0.384. The molecular formula is C34H25F3N4O7S2. The molecule has 256 valence electrons. The smallest absolute Gasteiger partial charge is 0.418 e. The van der Waals surface area contributed by atoms with Gasteiger partial charge < -0.3 is 15.0 Å².